The second-order valence-corrected chi connectivity index (χ2v) is 3.93. The van der Waals surface area contributed by atoms with Crippen LogP contribution < -0.4 is 4.74 Å². The molecule has 0 saturated heterocycles. The lowest BCUT2D eigenvalue weighted by molar-refractivity contribution is 0.259. The van der Waals surface area contributed by atoms with Crippen molar-refractivity contribution >= 4 is 11.6 Å². The van der Waals surface area contributed by atoms with Crippen LogP contribution in [-0.2, 0) is 13.2 Å². The summed E-state index contributed by atoms with van der Waals surface area (Å²) < 4.78 is 5.62. The number of ether oxygens (including phenoxy) is 1. The molecule has 2 rings (SSSR count). The predicted octanol–water partition coefficient (Wildman–Crippen LogP) is 2.81. The second kappa shape index (κ2) is 5.66. The molecule has 1 aromatic heterocycles. The van der Waals surface area contributed by atoms with Crippen LogP contribution in [0.25, 0.3) is 0 Å². The second-order valence-electron chi connectivity index (χ2n) is 3.54. The lowest BCUT2D eigenvalue weighted by Crippen LogP contribution is -1.98. The summed E-state index contributed by atoms with van der Waals surface area (Å²) in [5.74, 6) is 0.683. The fourth-order valence-corrected chi connectivity index (χ4v) is 1.67. The van der Waals surface area contributed by atoms with Gasteiger partial charge in [0.25, 0.3) is 0 Å². The third kappa shape index (κ3) is 3.19. The van der Waals surface area contributed by atoms with Crippen molar-refractivity contribution in [1.29, 1.82) is 0 Å². The zero-order valence-electron chi connectivity index (χ0n) is 9.14. The van der Waals surface area contributed by atoms with Gasteiger partial charge in [-0.3, -0.25) is 0 Å². The van der Waals surface area contributed by atoms with E-state index in [1.54, 1.807) is 12.3 Å². The predicted molar refractivity (Wildman–Crippen MR) is 65.9 cm³/mol. The molecule has 0 unspecified atom stereocenters. The van der Waals surface area contributed by atoms with Crippen molar-refractivity contribution in [2.75, 3.05) is 0 Å². The third-order valence-electron chi connectivity index (χ3n) is 2.33. The van der Waals surface area contributed by atoms with Gasteiger partial charge in [-0.2, -0.15) is 0 Å². The van der Waals surface area contributed by atoms with E-state index in [1.807, 2.05) is 30.3 Å². The molecule has 0 aliphatic heterocycles. The number of aliphatic hydroxyl groups is 1. The monoisotopic (exact) mass is 249 g/mol. The lowest BCUT2D eigenvalue weighted by atomic mass is 10.2. The molecule has 0 atom stereocenters. The smallest absolute Gasteiger partial charge is 0.129 e. The van der Waals surface area contributed by atoms with E-state index < -0.39 is 0 Å². The zero-order chi connectivity index (χ0) is 12.1. The first-order valence-corrected chi connectivity index (χ1v) is 5.59. The highest BCUT2D eigenvalue weighted by Crippen LogP contribution is 2.19. The number of benzene rings is 1. The van der Waals surface area contributed by atoms with Gasteiger partial charge in [0, 0.05) is 11.8 Å². The quantitative estimate of drug-likeness (QED) is 0.848. The number of aliphatic hydroxyl groups excluding tert-OH is 1. The molecule has 0 spiro atoms. The van der Waals surface area contributed by atoms with Crippen LogP contribution in [0.15, 0.2) is 42.6 Å². The van der Waals surface area contributed by atoms with Gasteiger partial charge in [-0.05, 0) is 23.8 Å². The highest BCUT2D eigenvalue weighted by Gasteiger charge is 2.02. The number of pyridine rings is 1. The molecule has 0 fully saturated rings. The Hall–Kier alpha value is -1.58. The van der Waals surface area contributed by atoms with Crippen LogP contribution in [0, 0.1) is 0 Å². The number of hydrogen-bond donors (Lipinski definition) is 1. The molecule has 0 aliphatic carbocycles. The topological polar surface area (TPSA) is 42.4 Å². The Kier molecular flexibility index (Phi) is 3.96. The summed E-state index contributed by atoms with van der Waals surface area (Å²) in [5, 5.41) is 9.59. The molecule has 88 valence electrons. The molecule has 1 heterocycles. The number of hydrogen-bond acceptors (Lipinski definition) is 3. The van der Waals surface area contributed by atoms with Crippen LogP contribution in [0.4, 0.5) is 0 Å². The summed E-state index contributed by atoms with van der Waals surface area (Å²) in [5.41, 5.74) is 1.71. The van der Waals surface area contributed by atoms with E-state index in [1.165, 1.54) is 0 Å². The molecule has 0 radical (unpaired) electrons. The molecular weight excluding hydrogens is 238 g/mol. The number of nitrogens with zero attached hydrogens (tertiary/aromatic N) is 1. The van der Waals surface area contributed by atoms with Crippen molar-refractivity contribution < 1.29 is 9.84 Å². The Labute approximate surface area is 105 Å². The van der Waals surface area contributed by atoms with Crippen LogP contribution in [0.1, 0.15) is 11.1 Å². The van der Waals surface area contributed by atoms with Gasteiger partial charge in [0.05, 0.1) is 6.61 Å². The van der Waals surface area contributed by atoms with Crippen molar-refractivity contribution in [2.45, 2.75) is 13.2 Å². The lowest BCUT2D eigenvalue weighted by Gasteiger charge is -2.09. The Morgan fingerprint density at radius 1 is 1.24 bits per heavy atom. The summed E-state index contributed by atoms with van der Waals surface area (Å²) in [6.07, 6.45) is 1.64. The van der Waals surface area contributed by atoms with Crippen LogP contribution in [0.3, 0.4) is 0 Å². The summed E-state index contributed by atoms with van der Waals surface area (Å²) in [4.78, 5) is 3.90. The van der Waals surface area contributed by atoms with E-state index in [0.717, 1.165) is 11.1 Å². The van der Waals surface area contributed by atoms with E-state index in [-0.39, 0.29) is 6.61 Å². The molecule has 1 aromatic carbocycles. The van der Waals surface area contributed by atoms with Gasteiger partial charge in [0.15, 0.2) is 0 Å². The minimum Gasteiger partial charge on any atom is -0.489 e. The van der Waals surface area contributed by atoms with Crippen LogP contribution in [-0.4, -0.2) is 10.1 Å². The van der Waals surface area contributed by atoms with Gasteiger partial charge >= 0.3 is 0 Å². The van der Waals surface area contributed by atoms with Crippen molar-refractivity contribution in [3.63, 3.8) is 0 Å². The molecule has 3 nitrogen and oxygen atoms in total. The molecule has 0 saturated carbocycles. The summed E-state index contributed by atoms with van der Waals surface area (Å²) in [6.45, 7) is 0.368. The number of aromatic nitrogens is 1. The SMILES string of the molecule is OCc1ccccc1OCc1ccnc(Cl)c1. The molecule has 1 N–H and O–H groups in total. The van der Waals surface area contributed by atoms with E-state index in [2.05, 4.69) is 4.98 Å². The van der Waals surface area contributed by atoms with Crippen LogP contribution in [0.2, 0.25) is 5.15 Å². The standard InChI is InChI=1S/C13H12ClNO2/c14-13-7-10(5-6-15-13)9-17-12-4-2-1-3-11(12)8-16/h1-7,16H,8-9H2. The zero-order valence-corrected chi connectivity index (χ0v) is 9.89. The van der Waals surface area contributed by atoms with Crippen LogP contribution in [0.5, 0.6) is 5.75 Å². The average molecular weight is 250 g/mol. The molecular formula is C13H12ClNO2. The molecule has 17 heavy (non-hydrogen) atoms. The highest BCUT2D eigenvalue weighted by atomic mass is 35.5. The molecule has 0 amide bonds. The van der Waals surface area contributed by atoms with Gasteiger partial charge in [-0.1, -0.05) is 29.8 Å². The Bertz CT molecular complexity index is 502. The summed E-state index contributed by atoms with van der Waals surface area (Å²) >= 11 is 5.78. The Balaban J connectivity index is 2.07. The first kappa shape index (κ1) is 11.9. The van der Waals surface area contributed by atoms with Gasteiger partial charge < -0.3 is 9.84 Å². The first-order chi connectivity index (χ1) is 8.29. The Morgan fingerprint density at radius 2 is 2.06 bits per heavy atom. The normalized spacial score (nSPS) is 10.2. The highest BCUT2D eigenvalue weighted by molar-refractivity contribution is 6.29. The average Bonchev–Trinajstić information content (AvgIpc) is 2.37. The fourth-order valence-electron chi connectivity index (χ4n) is 1.47. The van der Waals surface area contributed by atoms with Crippen molar-refractivity contribution in [3.8, 4) is 5.75 Å². The van der Waals surface area contributed by atoms with Gasteiger partial charge in [-0.25, -0.2) is 4.98 Å². The first-order valence-electron chi connectivity index (χ1n) is 5.21. The van der Waals surface area contributed by atoms with E-state index >= 15 is 0 Å². The molecule has 0 aliphatic rings. The minimum absolute atomic E-state index is 0.0344. The minimum atomic E-state index is -0.0344. The van der Waals surface area contributed by atoms with E-state index in [4.69, 9.17) is 21.4 Å². The summed E-state index contributed by atoms with van der Waals surface area (Å²) in [7, 11) is 0. The molecule has 4 heteroatoms. The third-order valence-corrected chi connectivity index (χ3v) is 2.53. The number of para-hydroxylation sites is 1. The van der Waals surface area contributed by atoms with E-state index in [0.29, 0.717) is 17.5 Å². The van der Waals surface area contributed by atoms with Crippen molar-refractivity contribution in [1.82, 2.24) is 4.98 Å². The van der Waals surface area contributed by atoms with Crippen molar-refractivity contribution in [2.24, 2.45) is 0 Å². The maximum absolute atomic E-state index is 9.15. The van der Waals surface area contributed by atoms with Crippen LogP contribution >= 0.6 is 11.6 Å². The van der Waals surface area contributed by atoms with Gasteiger partial charge in [-0.15, -0.1) is 0 Å². The maximum Gasteiger partial charge on any atom is 0.129 e. The summed E-state index contributed by atoms with van der Waals surface area (Å²) in [6, 6.07) is 11.0. The largest absolute Gasteiger partial charge is 0.489 e. The van der Waals surface area contributed by atoms with E-state index in [9.17, 15) is 0 Å². The van der Waals surface area contributed by atoms with Gasteiger partial charge in [0.2, 0.25) is 0 Å². The molecule has 2 aromatic rings. The number of rotatable bonds is 4. The molecule has 0 bridgehead atoms. The van der Waals surface area contributed by atoms with Gasteiger partial charge in [0.1, 0.15) is 17.5 Å². The number of halogens is 1. The maximum atomic E-state index is 9.15. The Morgan fingerprint density at radius 3 is 2.82 bits per heavy atom. The van der Waals surface area contributed by atoms with Crippen molar-refractivity contribution in [3.05, 3.63) is 58.9 Å². The fraction of sp³-hybridized carbons (Fsp3) is 0.154.